The Labute approximate surface area is 65.9 Å². The van der Waals surface area contributed by atoms with Crippen molar-refractivity contribution in [3.05, 3.63) is 12.2 Å². The van der Waals surface area contributed by atoms with E-state index in [-0.39, 0.29) is 0 Å². The Balaban J connectivity index is 2.83. The summed E-state index contributed by atoms with van der Waals surface area (Å²) in [4.78, 5) is 0. The zero-order valence-corrected chi connectivity index (χ0v) is 7.78. The molecule has 0 aromatic rings. The van der Waals surface area contributed by atoms with E-state index < -0.39 is 0 Å². The van der Waals surface area contributed by atoms with E-state index in [0.29, 0.717) is 0 Å². The van der Waals surface area contributed by atoms with Crippen LogP contribution in [0.25, 0.3) is 0 Å². The van der Waals surface area contributed by atoms with Crippen molar-refractivity contribution in [2.45, 2.75) is 20.3 Å². The predicted octanol–water partition coefficient (Wildman–Crippen LogP) is 3.35. The lowest BCUT2D eigenvalue weighted by atomic mass is 10.3. The summed E-state index contributed by atoms with van der Waals surface area (Å²) in [5.74, 6) is 2.43. The fourth-order valence-corrected chi connectivity index (χ4v) is 2.18. The van der Waals surface area contributed by atoms with E-state index in [1.165, 1.54) is 17.1 Å². The Kier molecular flexibility index (Phi) is 6.88. The average molecular weight is 162 g/mol. The maximum Gasteiger partial charge on any atom is 0.00740 e. The van der Waals surface area contributed by atoms with Gasteiger partial charge in [-0.2, -0.15) is 0 Å². The van der Waals surface area contributed by atoms with Crippen LogP contribution in [0.1, 0.15) is 20.3 Å². The molecule has 0 aromatic heterocycles. The highest BCUT2D eigenvalue weighted by atomic mass is 33.1. The van der Waals surface area contributed by atoms with Crippen LogP contribution in [0.2, 0.25) is 0 Å². The summed E-state index contributed by atoms with van der Waals surface area (Å²) in [6.07, 6.45) is 1.16. The fraction of sp³-hybridized carbons (Fsp3) is 0.714. The summed E-state index contributed by atoms with van der Waals surface area (Å²) in [6, 6.07) is 0. The van der Waals surface area contributed by atoms with Gasteiger partial charge in [0.05, 0.1) is 0 Å². The third-order valence-electron chi connectivity index (χ3n) is 0.813. The van der Waals surface area contributed by atoms with Gasteiger partial charge in [-0.1, -0.05) is 34.1 Å². The summed E-state index contributed by atoms with van der Waals surface area (Å²) in [5.41, 5.74) is 1.29. The predicted molar refractivity (Wildman–Crippen MR) is 50.0 cm³/mol. The van der Waals surface area contributed by atoms with Crippen molar-refractivity contribution in [2.24, 2.45) is 0 Å². The molecule has 0 N–H and O–H groups in total. The molecule has 0 aliphatic carbocycles. The van der Waals surface area contributed by atoms with Gasteiger partial charge in [-0.05, 0) is 13.3 Å². The lowest BCUT2D eigenvalue weighted by Crippen LogP contribution is -1.76. The first-order valence-corrected chi connectivity index (χ1v) is 5.65. The topological polar surface area (TPSA) is 0 Å². The minimum atomic E-state index is 1.16. The highest BCUT2D eigenvalue weighted by molar-refractivity contribution is 8.76. The second kappa shape index (κ2) is 6.56. The van der Waals surface area contributed by atoms with Crippen molar-refractivity contribution in [3.8, 4) is 0 Å². The molecule has 0 saturated heterocycles. The van der Waals surface area contributed by atoms with E-state index in [2.05, 4.69) is 20.4 Å². The maximum absolute atomic E-state index is 3.83. The molecule has 0 spiro atoms. The SMILES string of the molecule is C=C(C)CCSSCC. The number of allylic oxidation sites excluding steroid dienone is 1. The maximum atomic E-state index is 3.83. The summed E-state index contributed by atoms with van der Waals surface area (Å²) < 4.78 is 0. The molecule has 0 radical (unpaired) electrons. The summed E-state index contributed by atoms with van der Waals surface area (Å²) in [5, 5.41) is 0. The van der Waals surface area contributed by atoms with Crippen molar-refractivity contribution < 1.29 is 0 Å². The van der Waals surface area contributed by atoms with Gasteiger partial charge in [0.15, 0.2) is 0 Å². The van der Waals surface area contributed by atoms with Gasteiger partial charge >= 0.3 is 0 Å². The van der Waals surface area contributed by atoms with E-state index in [4.69, 9.17) is 0 Å². The molecule has 0 aliphatic heterocycles. The summed E-state index contributed by atoms with van der Waals surface area (Å²) >= 11 is 0. The van der Waals surface area contributed by atoms with Crippen LogP contribution < -0.4 is 0 Å². The third-order valence-corrected chi connectivity index (χ3v) is 3.29. The molecule has 0 aliphatic rings. The molecule has 0 fully saturated rings. The normalized spacial score (nSPS) is 9.56. The molecule has 0 nitrogen and oxygen atoms in total. The van der Waals surface area contributed by atoms with Crippen molar-refractivity contribution in [2.75, 3.05) is 11.5 Å². The Morgan fingerprint density at radius 3 is 2.56 bits per heavy atom. The number of hydrogen-bond donors (Lipinski definition) is 0. The molecule has 0 unspecified atom stereocenters. The minimum Gasteiger partial charge on any atom is -0.100 e. The van der Waals surface area contributed by atoms with Crippen molar-refractivity contribution in [1.29, 1.82) is 0 Å². The quantitative estimate of drug-likeness (QED) is 0.345. The highest BCUT2D eigenvalue weighted by Gasteiger charge is 1.87. The molecule has 0 heterocycles. The molecule has 0 saturated carbocycles. The van der Waals surface area contributed by atoms with Crippen LogP contribution in [0.5, 0.6) is 0 Å². The van der Waals surface area contributed by atoms with Crippen LogP contribution in [0.3, 0.4) is 0 Å². The van der Waals surface area contributed by atoms with Gasteiger partial charge in [0.1, 0.15) is 0 Å². The van der Waals surface area contributed by atoms with Crippen LogP contribution in [-0.4, -0.2) is 11.5 Å². The Morgan fingerprint density at radius 1 is 1.44 bits per heavy atom. The Hall–Kier alpha value is 0.440. The lowest BCUT2D eigenvalue weighted by molar-refractivity contribution is 1.13. The molecular weight excluding hydrogens is 148 g/mol. The molecule has 0 rings (SSSR count). The molecule has 2 heteroatoms. The molecular formula is C7H14S2. The summed E-state index contributed by atoms with van der Waals surface area (Å²) in [7, 11) is 3.86. The zero-order chi connectivity index (χ0) is 7.11. The molecule has 54 valence electrons. The monoisotopic (exact) mass is 162 g/mol. The lowest BCUT2D eigenvalue weighted by Gasteiger charge is -1.96. The van der Waals surface area contributed by atoms with E-state index in [0.717, 1.165) is 6.42 Å². The van der Waals surface area contributed by atoms with Crippen molar-refractivity contribution >= 4 is 21.6 Å². The van der Waals surface area contributed by atoms with Gasteiger partial charge < -0.3 is 0 Å². The zero-order valence-electron chi connectivity index (χ0n) is 6.14. The van der Waals surface area contributed by atoms with Gasteiger partial charge in [0.2, 0.25) is 0 Å². The van der Waals surface area contributed by atoms with E-state index in [1.54, 1.807) is 0 Å². The molecule has 0 atom stereocenters. The smallest absolute Gasteiger partial charge is 0.00740 e. The first kappa shape index (κ1) is 9.44. The largest absolute Gasteiger partial charge is 0.100 e. The third kappa shape index (κ3) is 8.44. The second-order valence-electron chi connectivity index (χ2n) is 1.94. The van der Waals surface area contributed by atoms with E-state index in [1.807, 2.05) is 21.6 Å². The fourth-order valence-electron chi connectivity index (χ4n) is 0.358. The van der Waals surface area contributed by atoms with Gasteiger partial charge in [-0.3, -0.25) is 0 Å². The first-order valence-electron chi connectivity index (χ1n) is 3.16. The first-order chi connectivity index (χ1) is 4.27. The van der Waals surface area contributed by atoms with Gasteiger partial charge in [0, 0.05) is 11.5 Å². The van der Waals surface area contributed by atoms with Crippen molar-refractivity contribution in [1.82, 2.24) is 0 Å². The average Bonchev–Trinajstić information content (AvgIpc) is 1.80. The summed E-state index contributed by atoms with van der Waals surface area (Å²) in [6.45, 7) is 8.09. The Bertz CT molecular complexity index is 79.0. The van der Waals surface area contributed by atoms with Crippen LogP contribution in [0.4, 0.5) is 0 Å². The highest BCUT2D eigenvalue weighted by Crippen LogP contribution is 2.21. The molecule has 0 bridgehead atoms. The number of hydrogen-bond acceptors (Lipinski definition) is 2. The van der Waals surface area contributed by atoms with Gasteiger partial charge in [-0.25, -0.2) is 0 Å². The minimum absolute atomic E-state index is 1.16. The molecule has 9 heavy (non-hydrogen) atoms. The van der Waals surface area contributed by atoms with Crippen LogP contribution in [-0.2, 0) is 0 Å². The van der Waals surface area contributed by atoms with Crippen molar-refractivity contribution in [3.63, 3.8) is 0 Å². The molecule has 0 aromatic carbocycles. The van der Waals surface area contributed by atoms with Crippen LogP contribution in [0.15, 0.2) is 12.2 Å². The second-order valence-corrected chi connectivity index (χ2v) is 4.81. The van der Waals surface area contributed by atoms with Gasteiger partial charge in [0.25, 0.3) is 0 Å². The Morgan fingerprint density at radius 2 is 2.11 bits per heavy atom. The van der Waals surface area contributed by atoms with E-state index >= 15 is 0 Å². The number of rotatable bonds is 5. The standard InChI is InChI=1S/C7H14S2/c1-4-8-9-6-5-7(2)3/h2,4-6H2,1,3H3. The molecule has 0 amide bonds. The van der Waals surface area contributed by atoms with Crippen LogP contribution in [0, 0.1) is 0 Å². The van der Waals surface area contributed by atoms with Gasteiger partial charge in [-0.15, -0.1) is 6.58 Å². The van der Waals surface area contributed by atoms with Crippen LogP contribution >= 0.6 is 21.6 Å². The van der Waals surface area contributed by atoms with E-state index in [9.17, 15) is 0 Å².